The maximum Gasteiger partial charge on any atom is 0.264 e. The molecule has 6 aliphatic rings. The zero-order chi connectivity index (χ0) is 43.6. The standard InChI is InChI=1S/C46H57FN8O8/c47-34-24-32(25-35-42(34)44(59)49-38(48-35)6-4-29-12-22-62-23-13-29)63-28-31-8-14-51(15-9-31)27-40(57)54-16-10-30(11-17-54)26-52-18-20-53(21-19-52)36-3-1-2-33-41(36)46(61)55(45(33)60)37-5-7-39(56)50-43(37)58/h1-3,24-25,29-31,37H,4-23,26-28H2,(H,48,49,59)(H,50,56,58). The molecule has 2 N–H and O–H groups in total. The number of hydrogen-bond donors (Lipinski definition) is 2. The Balaban J connectivity index is 0.688. The lowest BCUT2D eigenvalue weighted by Gasteiger charge is -2.40. The first-order valence-corrected chi connectivity index (χ1v) is 22.8. The molecule has 336 valence electrons. The molecule has 0 radical (unpaired) electrons. The fourth-order valence-electron chi connectivity index (χ4n) is 10.3. The van der Waals surface area contributed by atoms with Crippen LogP contribution in [0.1, 0.15) is 84.3 Å². The van der Waals surface area contributed by atoms with Gasteiger partial charge in [-0.2, -0.15) is 0 Å². The number of H-pyrrole nitrogens is 1. The predicted molar refractivity (Wildman–Crippen MR) is 230 cm³/mol. The SMILES string of the molecule is O=C1CCC(N2C(=O)c3cccc(N4CCN(CC5CCN(C(=O)CN6CCC(COc7cc(F)c8c(=O)[nH]c(CCC9CCOCC9)nc8c7)CC6)CC5)CC4)c3C2=O)C(=O)N1. The van der Waals surface area contributed by atoms with Crippen LogP contribution in [-0.4, -0.2) is 150 Å². The summed E-state index contributed by atoms with van der Waals surface area (Å²) in [6, 6.07) is 7.20. The van der Waals surface area contributed by atoms with Gasteiger partial charge in [0.1, 0.15) is 28.8 Å². The first kappa shape index (κ1) is 43.0. The number of halogens is 1. The highest BCUT2D eigenvalue weighted by Crippen LogP contribution is 2.35. The van der Waals surface area contributed by atoms with E-state index in [0.717, 1.165) is 109 Å². The van der Waals surface area contributed by atoms with Crippen LogP contribution in [0.5, 0.6) is 5.75 Å². The van der Waals surface area contributed by atoms with E-state index in [9.17, 15) is 28.8 Å². The quantitative estimate of drug-likeness (QED) is 0.255. The van der Waals surface area contributed by atoms with Crippen molar-refractivity contribution in [2.45, 2.75) is 70.3 Å². The van der Waals surface area contributed by atoms with Crippen LogP contribution < -0.4 is 20.5 Å². The van der Waals surface area contributed by atoms with E-state index in [1.54, 1.807) is 18.2 Å². The summed E-state index contributed by atoms with van der Waals surface area (Å²) in [6.45, 7) is 9.33. The molecule has 16 nitrogen and oxygen atoms in total. The Labute approximate surface area is 365 Å². The summed E-state index contributed by atoms with van der Waals surface area (Å²) in [6.07, 6.45) is 7.35. The summed E-state index contributed by atoms with van der Waals surface area (Å²) in [5, 5.41) is 2.21. The van der Waals surface area contributed by atoms with Gasteiger partial charge >= 0.3 is 0 Å². The van der Waals surface area contributed by atoms with E-state index in [-0.39, 0.29) is 30.1 Å². The largest absolute Gasteiger partial charge is 0.493 e. The normalized spacial score (nSPS) is 22.6. The van der Waals surface area contributed by atoms with E-state index in [4.69, 9.17) is 9.47 Å². The lowest BCUT2D eigenvalue weighted by atomic mass is 9.95. The molecule has 5 amide bonds. The molecule has 3 aromatic rings. The van der Waals surface area contributed by atoms with E-state index in [1.165, 1.54) is 6.07 Å². The van der Waals surface area contributed by atoms with Gasteiger partial charge in [-0.3, -0.25) is 48.8 Å². The number of aromatic nitrogens is 2. The Bertz CT molecular complexity index is 2290. The number of piperidine rings is 3. The van der Waals surface area contributed by atoms with E-state index in [0.29, 0.717) is 78.4 Å². The average Bonchev–Trinajstić information content (AvgIpc) is 3.54. The molecule has 9 rings (SSSR count). The molecule has 1 atom stereocenters. The molecule has 17 heteroatoms. The van der Waals surface area contributed by atoms with Crippen LogP contribution in [0.15, 0.2) is 35.1 Å². The molecule has 5 saturated heterocycles. The number of aromatic amines is 1. The molecular weight excluding hydrogens is 812 g/mol. The highest BCUT2D eigenvalue weighted by atomic mass is 19.1. The summed E-state index contributed by atoms with van der Waals surface area (Å²) in [4.78, 5) is 94.6. The van der Waals surface area contributed by atoms with E-state index in [2.05, 4.69) is 30.0 Å². The van der Waals surface area contributed by atoms with Gasteiger partial charge in [0, 0.05) is 84.0 Å². The van der Waals surface area contributed by atoms with E-state index >= 15 is 4.39 Å². The van der Waals surface area contributed by atoms with Crippen LogP contribution >= 0.6 is 0 Å². The number of aryl methyl sites for hydroxylation is 1. The molecule has 0 saturated carbocycles. The summed E-state index contributed by atoms with van der Waals surface area (Å²) in [5.74, 6) is -0.268. The highest BCUT2D eigenvalue weighted by molar-refractivity contribution is 6.25. The summed E-state index contributed by atoms with van der Waals surface area (Å²) in [5.41, 5.74) is 1.16. The van der Waals surface area contributed by atoms with Gasteiger partial charge in [0.05, 0.1) is 35.5 Å². The van der Waals surface area contributed by atoms with Gasteiger partial charge in [-0.15, -0.1) is 0 Å². The zero-order valence-electron chi connectivity index (χ0n) is 35.8. The van der Waals surface area contributed by atoms with Gasteiger partial charge in [0.15, 0.2) is 0 Å². The van der Waals surface area contributed by atoms with Gasteiger partial charge in [-0.25, -0.2) is 9.37 Å². The molecule has 6 aliphatic heterocycles. The molecule has 0 aliphatic carbocycles. The third kappa shape index (κ3) is 9.51. The molecule has 5 fully saturated rings. The van der Waals surface area contributed by atoms with E-state index < -0.39 is 41.0 Å². The fraction of sp³-hybridized carbons (Fsp3) is 0.587. The molecule has 1 aromatic heterocycles. The monoisotopic (exact) mass is 868 g/mol. The van der Waals surface area contributed by atoms with Gasteiger partial charge in [0.25, 0.3) is 17.4 Å². The number of carbonyl (C=O) groups excluding carboxylic acids is 5. The van der Waals surface area contributed by atoms with Gasteiger partial charge in [-0.1, -0.05) is 6.07 Å². The Hall–Kier alpha value is -5.26. The minimum atomic E-state index is -0.996. The number of anilines is 1. The summed E-state index contributed by atoms with van der Waals surface area (Å²) >= 11 is 0. The van der Waals surface area contributed by atoms with Crippen LogP contribution in [0.4, 0.5) is 10.1 Å². The number of rotatable bonds is 12. The predicted octanol–water partition coefficient (Wildman–Crippen LogP) is 2.97. The number of amides is 5. The number of ether oxygens (including phenoxy) is 2. The second-order valence-corrected chi connectivity index (χ2v) is 18.2. The van der Waals surface area contributed by atoms with Crippen molar-refractivity contribution < 1.29 is 37.8 Å². The number of imide groups is 2. The van der Waals surface area contributed by atoms with Crippen LogP contribution in [-0.2, 0) is 25.5 Å². The van der Waals surface area contributed by atoms with Gasteiger partial charge in [-0.05, 0) is 94.3 Å². The van der Waals surface area contributed by atoms with Crippen molar-refractivity contribution >= 4 is 46.1 Å². The maximum atomic E-state index is 15.1. The number of nitrogens with one attached hydrogen (secondary N) is 2. The lowest BCUT2D eigenvalue weighted by Crippen LogP contribution is -2.54. The van der Waals surface area contributed by atoms with Crippen molar-refractivity contribution in [3.63, 3.8) is 0 Å². The molecule has 0 bridgehead atoms. The Morgan fingerprint density at radius 3 is 2.32 bits per heavy atom. The second kappa shape index (κ2) is 18.8. The van der Waals surface area contributed by atoms with Crippen molar-refractivity contribution in [1.82, 2.24) is 34.9 Å². The lowest BCUT2D eigenvalue weighted by molar-refractivity contribution is -0.136. The Kier molecular flexibility index (Phi) is 12.9. The first-order valence-electron chi connectivity index (χ1n) is 22.8. The van der Waals surface area contributed by atoms with Crippen molar-refractivity contribution in [2.24, 2.45) is 17.8 Å². The summed E-state index contributed by atoms with van der Waals surface area (Å²) in [7, 11) is 0. The van der Waals surface area contributed by atoms with E-state index in [1.807, 2.05) is 11.0 Å². The van der Waals surface area contributed by atoms with Gasteiger partial charge < -0.3 is 24.3 Å². The van der Waals surface area contributed by atoms with Crippen LogP contribution in [0.3, 0.4) is 0 Å². The molecule has 1 unspecified atom stereocenters. The van der Waals surface area contributed by atoms with Crippen molar-refractivity contribution in [3.05, 3.63) is 63.5 Å². The first-order chi connectivity index (χ1) is 30.6. The molecule has 63 heavy (non-hydrogen) atoms. The van der Waals surface area contributed by atoms with Crippen LogP contribution in [0.25, 0.3) is 10.9 Å². The van der Waals surface area contributed by atoms with Crippen molar-refractivity contribution in [3.8, 4) is 5.75 Å². The van der Waals surface area contributed by atoms with Crippen molar-refractivity contribution in [2.75, 3.05) is 90.2 Å². The number of nitrogens with zero attached hydrogens (tertiary/aromatic N) is 6. The molecular formula is C46H57FN8O8. The maximum absolute atomic E-state index is 15.1. The number of likely N-dealkylation sites (tertiary alicyclic amines) is 2. The number of hydrogen-bond acceptors (Lipinski definition) is 12. The van der Waals surface area contributed by atoms with Gasteiger partial charge in [0.2, 0.25) is 17.7 Å². The third-order valence-electron chi connectivity index (χ3n) is 14.1. The highest BCUT2D eigenvalue weighted by Gasteiger charge is 2.46. The smallest absolute Gasteiger partial charge is 0.264 e. The second-order valence-electron chi connectivity index (χ2n) is 18.2. The minimum Gasteiger partial charge on any atom is -0.493 e. The molecule has 0 spiro atoms. The summed E-state index contributed by atoms with van der Waals surface area (Å²) < 4.78 is 26.6. The van der Waals surface area contributed by atoms with Crippen LogP contribution in [0.2, 0.25) is 0 Å². The number of piperazine rings is 1. The Morgan fingerprint density at radius 1 is 0.825 bits per heavy atom. The van der Waals surface area contributed by atoms with Crippen LogP contribution in [0, 0.1) is 23.6 Å². The Morgan fingerprint density at radius 2 is 1.57 bits per heavy atom. The average molecular weight is 869 g/mol. The molecule has 2 aromatic carbocycles. The molecule has 7 heterocycles. The zero-order valence-corrected chi connectivity index (χ0v) is 35.8. The number of carbonyl (C=O) groups is 5. The third-order valence-corrected chi connectivity index (χ3v) is 14.1. The minimum absolute atomic E-state index is 0.0499. The topological polar surface area (TPSA) is 178 Å². The fourth-order valence-corrected chi connectivity index (χ4v) is 10.3. The number of benzene rings is 2. The number of fused-ring (bicyclic) bond motifs is 2. The van der Waals surface area contributed by atoms with Crippen molar-refractivity contribution in [1.29, 1.82) is 0 Å².